The van der Waals surface area contributed by atoms with E-state index in [1.165, 1.54) is 16.7 Å². The fourth-order valence-electron chi connectivity index (χ4n) is 2.98. The van der Waals surface area contributed by atoms with Crippen molar-refractivity contribution in [2.24, 2.45) is 5.73 Å². The van der Waals surface area contributed by atoms with E-state index in [0.29, 0.717) is 6.04 Å². The smallest absolute Gasteiger partial charge is 0.125 e. The SMILES string of the molecule is COc1c(C)cc(C)cc1CCN1CCC(N)CC1. The van der Waals surface area contributed by atoms with E-state index in [4.69, 9.17) is 10.5 Å². The Labute approximate surface area is 116 Å². The molecule has 1 aliphatic rings. The summed E-state index contributed by atoms with van der Waals surface area (Å²) in [5.74, 6) is 1.05. The number of nitrogens with two attached hydrogens (primary N) is 1. The molecule has 2 N–H and O–H groups in total. The monoisotopic (exact) mass is 262 g/mol. The Balaban J connectivity index is 1.99. The summed E-state index contributed by atoms with van der Waals surface area (Å²) in [5, 5.41) is 0. The van der Waals surface area contributed by atoms with Crippen molar-refractivity contribution >= 4 is 0 Å². The number of aryl methyl sites for hydroxylation is 2. The van der Waals surface area contributed by atoms with Crippen molar-refractivity contribution in [3.63, 3.8) is 0 Å². The van der Waals surface area contributed by atoms with Gasteiger partial charge in [-0.3, -0.25) is 0 Å². The van der Waals surface area contributed by atoms with Crippen LogP contribution < -0.4 is 10.5 Å². The summed E-state index contributed by atoms with van der Waals surface area (Å²) in [4.78, 5) is 2.51. The average Bonchev–Trinajstić information content (AvgIpc) is 2.37. The second kappa shape index (κ2) is 6.40. The van der Waals surface area contributed by atoms with Crippen LogP contribution in [0.5, 0.6) is 5.75 Å². The number of piperidine rings is 1. The molecule has 1 aromatic carbocycles. The van der Waals surface area contributed by atoms with Gasteiger partial charge < -0.3 is 15.4 Å². The molecule has 19 heavy (non-hydrogen) atoms. The lowest BCUT2D eigenvalue weighted by atomic mass is 10.0. The minimum Gasteiger partial charge on any atom is -0.496 e. The Kier molecular flexibility index (Phi) is 4.83. The van der Waals surface area contributed by atoms with Crippen LogP contribution in [0.25, 0.3) is 0 Å². The van der Waals surface area contributed by atoms with Crippen molar-refractivity contribution in [1.29, 1.82) is 0 Å². The molecule has 0 unspecified atom stereocenters. The second-order valence-corrected chi connectivity index (χ2v) is 5.70. The predicted molar refractivity (Wildman–Crippen MR) is 79.8 cm³/mol. The first-order valence-electron chi connectivity index (χ1n) is 7.22. The quantitative estimate of drug-likeness (QED) is 0.904. The van der Waals surface area contributed by atoms with Gasteiger partial charge >= 0.3 is 0 Å². The van der Waals surface area contributed by atoms with Gasteiger partial charge in [-0.15, -0.1) is 0 Å². The molecule has 0 saturated carbocycles. The van der Waals surface area contributed by atoms with Gasteiger partial charge in [-0.05, 0) is 57.3 Å². The number of ether oxygens (including phenoxy) is 1. The number of likely N-dealkylation sites (tertiary alicyclic amines) is 1. The molecule has 2 rings (SSSR count). The maximum Gasteiger partial charge on any atom is 0.125 e. The normalized spacial score (nSPS) is 17.7. The van der Waals surface area contributed by atoms with Gasteiger partial charge in [-0.25, -0.2) is 0 Å². The van der Waals surface area contributed by atoms with Gasteiger partial charge in [-0.1, -0.05) is 17.7 Å². The molecule has 0 radical (unpaired) electrons. The lowest BCUT2D eigenvalue weighted by Gasteiger charge is -2.30. The van der Waals surface area contributed by atoms with Crippen LogP contribution in [0, 0.1) is 13.8 Å². The van der Waals surface area contributed by atoms with E-state index in [9.17, 15) is 0 Å². The fraction of sp³-hybridized carbons (Fsp3) is 0.625. The molecule has 1 aromatic rings. The maximum atomic E-state index is 5.94. The number of hydrogen-bond acceptors (Lipinski definition) is 3. The molecule has 106 valence electrons. The summed E-state index contributed by atoms with van der Waals surface area (Å²) in [6.45, 7) is 7.64. The third-order valence-corrected chi connectivity index (χ3v) is 4.03. The summed E-state index contributed by atoms with van der Waals surface area (Å²) < 4.78 is 5.55. The molecule has 0 aliphatic carbocycles. The zero-order valence-electron chi connectivity index (χ0n) is 12.4. The molecule has 1 fully saturated rings. The van der Waals surface area contributed by atoms with Gasteiger partial charge in [0, 0.05) is 12.6 Å². The zero-order chi connectivity index (χ0) is 13.8. The lowest BCUT2D eigenvalue weighted by Crippen LogP contribution is -2.40. The molecule has 0 bridgehead atoms. The lowest BCUT2D eigenvalue weighted by molar-refractivity contribution is 0.215. The van der Waals surface area contributed by atoms with Crippen LogP contribution in [0.15, 0.2) is 12.1 Å². The van der Waals surface area contributed by atoms with E-state index in [2.05, 4.69) is 30.9 Å². The highest BCUT2D eigenvalue weighted by atomic mass is 16.5. The first-order valence-corrected chi connectivity index (χ1v) is 7.22. The van der Waals surface area contributed by atoms with Crippen LogP contribution in [0.3, 0.4) is 0 Å². The molecule has 0 atom stereocenters. The van der Waals surface area contributed by atoms with Crippen molar-refractivity contribution in [2.45, 2.75) is 39.2 Å². The van der Waals surface area contributed by atoms with E-state index in [1.54, 1.807) is 7.11 Å². The van der Waals surface area contributed by atoms with E-state index in [-0.39, 0.29) is 0 Å². The molecule has 1 heterocycles. The van der Waals surface area contributed by atoms with Gasteiger partial charge in [0.15, 0.2) is 0 Å². The summed E-state index contributed by atoms with van der Waals surface area (Å²) in [6, 6.07) is 4.84. The highest BCUT2D eigenvalue weighted by Crippen LogP contribution is 2.25. The molecular weight excluding hydrogens is 236 g/mol. The highest BCUT2D eigenvalue weighted by molar-refractivity contribution is 5.43. The Hall–Kier alpha value is -1.06. The van der Waals surface area contributed by atoms with Crippen molar-refractivity contribution < 1.29 is 4.74 Å². The van der Waals surface area contributed by atoms with E-state index < -0.39 is 0 Å². The van der Waals surface area contributed by atoms with Crippen molar-refractivity contribution in [2.75, 3.05) is 26.7 Å². The van der Waals surface area contributed by atoms with Crippen LogP contribution in [0.4, 0.5) is 0 Å². The number of methoxy groups -OCH3 is 1. The van der Waals surface area contributed by atoms with Crippen molar-refractivity contribution in [3.05, 3.63) is 28.8 Å². The molecular formula is C16H26N2O. The maximum absolute atomic E-state index is 5.94. The fourth-order valence-corrected chi connectivity index (χ4v) is 2.98. The molecule has 0 aromatic heterocycles. The Morgan fingerprint density at radius 1 is 1.26 bits per heavy atom. The summed E-state index contributed by atoms with van der Waals surface area (Å²) >= 11 is 0. The Morgan fingerprint density at radius 2 is 1.95 bits per heavy atom. The molecule has 0 amide bonds. The third-order valence-electron chi connectivity index (χ3n) is 4.03. The summed E-state index contributed by atoms with van der Waals surface area (Å²) in [5.41, 5.74) is 9.82. The molecule has 1 aliphatic heterocycles. The third kappa shape index (κ3) is 3.71. The number of hydrogen-bond donors (Lipinski definition) is 1. The second-order valence-electron chi connectivity index (χ2n) is 5.70. The van der Waals surface area contributed by atoms with E-state index in [1.807, 2.05) is 0 Å². The highest BCUT2D eigenvalue weighted by Gasteiger charge is 2.16. The van der Waals surface area contributed by atoms with E-state index in [0.717, 1.165) is 44.6 Å². The first-order chi connectivity index (χ1) is 9.10. The van der Waals surface area contributed by atoms with Crippen LogP contribution in [0.2, 0.25) is 0 Å². The predicted octanol–water partition coefficient (Wildman–Crippen LogP) is 2.28. The number of nitrogens with zero attached hydrogens (tertiary/aromatic N) is 1. The summed E-state index contributed by atoms with van der Waals surface area (Å²) in [7, 11) is 1.76. The van der Waals surface area contributed by atoms with Gasteiger partial charge in [0.1, 0.15) is 5.75 Å². The standard InChI is InChI=1S/C16H26N2O/c1-12-10-13(2)16(19-3)14(11-12)4-7-18-8-5-15(17)6-9-18/h10-11,15H,4-9,17H2,1-3H3. The summed E-state index contributed by atoms with van der Waals surface area (Å²) in [6.07, 6.45) is 3.31. The van der Waals surface area contributed by atoms with Crippen LogP contribution >= 0.6 is 0 Å². The van der Waals surface area contributed by atoms with E-state index >= 15 is 0 Å². The Morgan fingerprint density at radius 3 is 2.58 bits per heavy atom. The van der Waals surface area contributed by atoms with Crippen molar-refractivity contribution in [3.8, 4) is 5.75 Å². The number of benzene rings is 1. The largest absolute Gasteiger partial charge is 0.496 e. The molecule has 1 saturated heterocycles. The first kappa shape index (κ1) is 14.4. The van der Waals surface area contributed by atoms with Gasteiger partial charge in [0.25, 0.3) is 0 Å². The molecule has 0 spiro atoms. The van der Waals surface area contributed by atoms with Crippen LogP contribution in [-0.2, 0) is 6.42 Å². The minimum absolute atomic E-state index is 0.409. The van der Waals surface area contributed by atoms with Gasteiger partial charge in [0.2, 0.25) is 0 Å². The zero-order valence-corrected chi connectivity index (χ0v) is 12.4. The Bertz CT molecular complexity index is 423. The average molecular weight is 262 g/mol. The molecule has 3 nitrogen and oxygen atoms in total. The number of rotatable bonds is 4. The van der Waals surface area contributed by atoms with Crippen LogP contribution in [-0.4, -0.2) is 37.7 Å². The van der Waals surface area contributed by atoms with Crippen LogP contribution in [0.1, 0.15) is 29.5 Å². The molecule has 3 heteroatoms. The van der Waals surface area contributed by atoms with Gasteiger partial charge in [-0.2, -0.15) is 0 Å². The van der Waals surface area contributed by atoms with Crippen molar-refractivity contribution in [1.82, 2.24) is 4.90 Å². The van der Waals surface area contributed by atoms with Gasteiger partial charge in [0.05, 0.1) is 7.11 Å². The minimum atomic E-state index is 0.409. The topological polar surface area (TPSA) is 38.5 Å².